The number of carbonyl (C=O) groups excluding carboxylic acids is 4. The van der Waals surface area contributed by atoms with Gasteiger partial charge in [0.1, 0.15) is 6.04 Å². The molecular weight excluding hydrogens is 296 g/mol. The summed E-state index contributed by atoms with van der Waals surface area (Å²) in [6.07, 6.45) is 0.625. The standard InChI is InChI=1S/C17H14N2O4/c1-2-3-5-10-6-4-7-11-14(10)17(23)19(16(11)22)12-8-9-13(20)18-15(12)21/h4,6-7,12H,5,8-9H2,1H3,(H,18,20,21). The summed E-state index contributed by atoms with van der Waals surface area (Å²) in [6, 6.07) is 4.09. The van der Waals surface area contributed by atoms with Gasteiger partial charge in [-0.3, -0.25) is 29.4 Å². The van der Waals surface area contributed by atoms with Gasteiger partial charge in [0.25, 0.3) is 11.8 Å². The van der Waals surface area contributed by atoms with E-state index in [1.165, 1.54) is 0 Å². The fourth-order valence-electron chi connectivity index (χ4n) is 2.92. The third kappa shape index (κ3) is 2.40. The van der Waals surface area contributed by atoms with E-state index in [1.807, 2.05) is 0 Å². The van der Waals surface area contributed by atoms with Gasteiger partial charge in [0, 0.05) is 12.8 Å². The lowest BCUT2D eigenvalue weighted by molar-refractivity contribution is -0.136. The van der Waals surface area contributed by atoms with Crippen LogP contribution in [0.1, 0.15) is 46.0 Å². The Balaban J connectivity index is 1.99. The first-order valence-corrected chi connectivity index (χ1v) is 7.27. The van der Waals surface area contributed by atoms with E-state index in [2.05, 4.69) is 17.2 Å². The molecular formula is C17H14N2O4. The van der Waals surface area contributed by atoms with Crippen molar-refractivity contribution >= 4 is 23.6 Å². The number of nitrogens with zero attached hydrogens (tertiary/aromatic N) is 1. The molecule has 1 aromatic carbocycles. The number of benzene rings is 1. The second-order valence-electron chi connectivity index (χ2n) is 5.39. The number of carbonyl (C=O) groups is 4. The van der Waals surface area contributed by atoms with Crippen LogP contribution < -0.4 is 5.32 Å². The van der Waals surface area contributed by atoms with Crippen molar-refractivity contribution < 1.29 is 19.2 Å². The lowest BCUT2D eigenvalue weighted by Crippen LogP contribution is -2.54. The van der Waals surface area contributed by atoms with E-state index in [0.29, 0.717) is 17.5 Å². The molecule has 23 heavy (non-hydrogen) atoms. The van der Waals surface area contributed by atoms with Gasteiger partial charge < -0.3 is 0 Å². The Morgan fingerprint density at radius 3 is 2.70 bits per heavy atom. The van der Waals surface area contributed by atoms with E-state index in [4.69, 9.17) is 0 Å². The maximum absolute atomic E-state index is 12.7. The zero-order chi connectivity index (χ0) is 16.6. The summed E-state index contributed by atoms with van der Waals surface area (Å²) in [6.45, 7) is 1.70. The molecule has 0 aliphatic carbocycles. The average Bonchev–Trinajstić information content (AvgIpc) is 2.78. The van der Waals surface area contributed by atoms with Crippen LogP contribution >= 0.6 is 0 Å². The van der Waals surface area contributed by atoms with Gasteiger partial charge in [-0.25, -0.2) is 0 Å². The summed E-state index contributed by atoms with van der Waals surface area (Å²) in [5.74, 6) is 3.66. The molecule has 116 valence electrons. The lowest BCUT2D eigenvalue weighted by atomic mass is 10.0. The molecule has 1 aromatic rings. The molecule has 1 unspecified atom stereocenters. The predicted octanol–water partition coefficient (Wildman–Crippen LogP) is 0.654. The summed E-state index contributed by atoms with van der Waals surface area (Å²) in [5.41, 5.74) is 1.27. The van der Waals surface area contributed by atoms with Crippen LogP contribution in [0.3, 0.4) is 0 Å². The highest BCUT2D eigenvalue weighted by molar-refractivity contribution is 6.24. The molecule has 4 amide bonds. The van der Waals surface area contributed by atoms with Crippen LogP contribution in [-0.2, 0) is 16.0 Å². The van der Waals surface area contributed by atoms with Crippen LogP contribution in [0.4, 0.5) is 0 Å². The van der Waals surface area contributed by atoms with Crippen molar-refractivity contribution in [1.29, 1.82) is 0 Å². The second-order valence-corrected chi connectivity index (χ2v) is 5.39. The topological polar surface area (TPSA) is 83.6 Å². The third-order valence-electron chi connectivity index (χ3n) is 4.01. The lowest BCUT2D eigenvalue weighted by Gasteiger charge is -2.27. The Morgan fingerprint density at radius 1 is 1.22 bits per heavy atom. The Hall–Kier alpha value is -2.94. The maximum atomic E-state index is 12.7. The van der Waals surface area contributed by atoms with Gasteiger partial charge in [0.15, 0.2) is 0 Å². The molecule has 0 spiro atoms. The highest BCUT2D eigenvalue weighted by atomic mass is 16.2. The van der Waals surface area contributed by atoms with Gasteiger partial charge in [0.2, 0.25) is 11.8 Å². The SMILES string of the molecule is CC#CCc1cccc2c1C(=O)N(C1CCC(=O)NC1=O)C2=O. The summed E-state index contributed by atoms with van der Waals surface area (Å²) in [7, 11) is 0. The highest BCUT2D eigenvalue weighted by Crippen LogP contribution is 2.29. The number of piperidine rings is 1. The number of hydrogen-bond acceptors (Lipinski definition) is 4. The first-order chi connectivity index (χ1) is 11.0. The zero-order valence-electron chi connectivity index (χ0n) is 12.5. The van der Waals surface area contributed by atoms with Crippen LogP contribution in [0.5, 0.6) is 0 Å². The van der Waals surface area contributed by atoms with Crippen LogP contribution in [0, 0.1) is 11.8 Å². The molecule has 1 atom stereocenters. The van der Waals surface area contributed by atoms with Gasteiger partial charge in [-0.2, -0.15) is 0 Å². The molecule has 2 heterocycles. The minimum Gasteiger partial charge on any atom is -0.295 e. The fraction of sp³-hybridized carbons (Fsp3) is 0.294. The Morgan fingerprint density at radius 2 is 2.00 bits per heavy atom. The average molecular weight is 310 g/mol. The van der Waals surface area contributed by atoms with Gasteiger partial charge >= 0.3 is 0 Å². The fourth-order valence-corrected chi connectivity index (χ4v) is 2.92. The summed E-state index contributed by atoms with van der Waals surface area (Å²) < 4.78 is 0. The molecule has 3 rings (SSSR count). The summed E-state index contributed by atoms with van der Waals surface area (Å²) in [5, 5.41) is 2.18. The number of nitrogens with one attached hydrogen (secondary N) is 1. The number of amides is 4. The van der Waals surface area contributed by atoms with Crippen molar-refractivity contribution in [3.8, 4) is 11.8 Å². The third-order valence-corrected chi connectivity index (χ3v) is 4.01. The maximum Gasteiger partial charge on any atom is 0.262 e. The molecule has 1 saturated heterocycles. The van der Waals surface area contributed by atoms with Crippen molar-refractivity contribution in [2.24, 2.45) is 0 Å². The Bertz CT molecular complexity index is 801. The van der Waals surface area contributed by atoms with Crippen molar-refractivity contribution in [3.05, 3.63) is 34.9 Å². The molecule has 0 bridgehead atoms. The van der Waals surface area contributed by atoms with Crippen molar-refractivity contribution in [1.82, 2.24) is 10.2 Å². The molecule has 0 saturated carbocycles. The van der Waals surface area contributed by atoms with Gasteiger partial charge in [-0.05, 0) is 25.0 Å². The van der Waals surface area contributed by atoms with Crippen molar-refractivity contribution in [2.75, 3.05) is 0 Å². The van der Waals surface area contributed by atoms with Crippen molar-refractivity contribution in [3.63, 3.8) is 0 Å². The summed E-state index contributed by atoms with van der Waals surface area (Å²) in [4.78, 5) is 49.5. The molecule has 6 nitrogen and oxygen atoms in total. The largest absolute Gasteiger partial charge is 0.295 e. The molecule has 0 aromatic heterocycles. The van der Waals surface area contributed by atoms with Crippen LogP contribution in [0.15, 0.2) is 18.2 Å². The van der Waals surface area contributed by atoms with Crippen LogP contribution in [-0.4, -0.2) is 34.6 Å². The smallest absolute Gasteiger partial charge is 0.262 e. The molecule has 0 radical (unpaired) electrons. The number of imide groups is 2. The van der Waals surface area contributed by atoms with E-state index in [9.17, 15) is 19.2 Å². The Kier molecular flexibility index (Phi) is 3.70. The second kappa shape index (κ2) is 5.69. The van der Waals surface area contributed by atoms with E-state index >= 15 is 0 Å². The van der Waals surface area contributed by atoms with Gasteiger partial charge in [0.05, 0.1) is 11.1 Å². The molecule has 1 fully saturated rings. The molecule has 2 aliphatic rings. The zero-order valence-corrected chi connectivity index (χ0v) is 12.5. The van der Waals surface area contributed by atoms with Crippen LogP contribution in [0.2, 0.25) is 0 Å². The first-order valence-electron chi connectivity index (χ1n) is 7.27. The monoisotopic (exact) mass is 310 g/mol. The van der Waals surface area contributed by atoms with E-state index in [-0.39, 0.29) is 24.3 Å². The molecule has 6 heteroatoms. The number of hydrogen-bond donors (Lipinski definition) is 1. The van der Waals surface area contributed by atoms with Crippen LogP contribution in [0.25, 0.3) is 0 Å². The van der Waals surface area contributed by atoms with Gasteiger partial charge in [-0.15, -0.1) is 5.92 Å². The number of rotatable bonds is 2. The van der Waals surface area contributed by atoms with E-state index in [0.717, 1.165) is 4.90 Å². The first kappa shape index (κ1) is 15.0. The predicted molar refractivity (Wildman–Crippen MR) is 80.3 cm³/mol. The Labute approximate surface area is 132 Å². The van der Waals surface area contributed by atoms with Gasteiger partial charge in [-0.1, -0.05) is 18.1 Å². The van der Waals surface area contributed by atoms with E-state index in [1.54, 1.807) is 25.1 Å². The minimum absolute atomic E-state index is 0.109. The molecule has 1 N–H and O–H groups in total. The normalized spacial score (nSPS) is 20.0. The molecule has 2 aliphatic heterocycles. The minimum atomic E-state index is -0.940. The number of fused-ring (bicyclic) bond motifs is 1. The van der Waals surface area contributed by atoms with E-state index < -0.39 is 23.8 Å². The quantitative estimate of drug-likeness (QED) is 0.642. The van der Waals surface area contributed by atoms with Crippen molar-refractivity contribution in [2.45, 2.75) is 32.2 Å². The summed E-state index contributed by atoms with van der Waals surface area (Å²) >= 11 is 0. The highest BCUT2D eigenvalue weighted by Gasteiger charge is 2.45.